The minimum Gasteiger partial charge on any atom is -0.779 e. The number of nitrogens with zero attached hydrogens (tertiary/aromatic N) is 8. The monoisotopic (exact) mass is 1190 g/mol. The van der Waals surface area contributed by atoms with Crippen LogP contribution in [-0.2, 0) is 64.9 Å². The second-order valence-corrected chi connectivity index (χ2v) is 27.7. The van der Waals surface area contributed by atoms with E-state index in [0.717, 1.165) is 38.5 Å². The van der Waals surface area contributed by atoms with E-state index in [4.69, 9.17) is 41.6 Å². The minimum atomic E-state index is -6.15. The van der Waals surface area contributed by atoms with E-state index in [0.29, 0.717) is 21.8 Å². The molecule has 26 nitrogen and oxygen atoms in total. The van der Waals surface area contributed by atoms with E-state index >= 15 is 0 Å². The summed E-state index contributed by atoms with van der Waals surface area (Å²) in [6.45, 7) is -8.39. The molecule has 5 unspecified atom stereocenters. The van der Waals surface area contributed by atoms with Crippen molar-refractivity contribution in [1.29, 1.82) is 0 Å². The zero-order chi connectivity index (χ0) is 48.4. The number of aromatic nitrogens is 8. The molecule has 2 aliphatic rings. The summed E-state index contributed by atoms with van der Waals surface area (Å²) in [7, 11) is -12.3. The van der Waals surface area contributed by atoms with Crippen molar-refractivity contribution in [2.75, 3.05) is 36.2 Å². The molecule has 70 heavy (non-hydrogen) atoms. The Labute approximate surface area is 513 Å². The maximum Gasteiger partial charge on any atom is 1.00 e. The Morgan fingerprint density at radius 3 is 1.54 bits per heavy atom. The molecular formula is C31H45ClN10Na4O16P4S4. The first-order valence-corrected chi connectivity index (χ1v) is 30.6. The van der Waals surface area contributed by atoms with Crippen molar-refractivity contribution in [3.05, 3.63) is 12.7 Å². The summed E-state index contributed by atoms with van der Waals surface area (Å²) in [5.74, 6) is 1.50. The van der Waals surface area contributed by atoms with E-state index in [1.165, 1.54) is 45.3 Å². The number of fused-ring (bicyclic) bond motifs is 2. The van der Waals surface area contributed by atoms with Crippen LogP contribution in [0.2, 0.25) is 0 Å². The first-order chi connectivity index (χ1) is 31.0. The molecule has 0 amide bonds. The van der Waals surface area contributed by atoms with Gasteiger partial charge in [-0.25, -0.2) is 29.9 Å². The van der Waals surface area contributed by atoms with Gasteiger partial charge in [-0.3, -0.25) is 22.3 Å². The van der Waals surface area contributed by atoms with Crippen LogP contribution in [0.15, 0.2) is 23.0 Å². The smallest absolute Gasteiger partial charge is 0.779 e. The van der Waals surface area contributed by atoms with Crippen LogP contribution in [0.5, 0.6) is 0 Å². The summed E-state index contributed by atoms with van der Waals surface area (Å²) in [6, 6.07) is 0. The van der Waals surface area contributed by atoms with Crippen LogP contribution in [-0.4, -0.2) is 126 Å². The molecule has 8 N–H and O–H groups in total. The van der Waals surface area contributed by atoms with E-state index in [9.17, 15) is 48.8 Å². The molecule has 2 fully saturated rings. The summed E-state index contributed by atoms with van der Waals surface area (Å²) in [5, 5.41) is 43.9. The number of aliphatic hydroxyl groups is 4. The van der Waals surface area contributed by atoms with Crippen LogP contribution in [0, 0.1) is 0 Å². The normalized spacial score (nSPS) is 26.2. The van der Waals surface area contributed by atoms with Gasteiger partial charge in [0, 0.05) is 11.5 Å². The second kappa shape index (κ2) is 29.9. The first-order valence-electron chi connectivity index (χ1n) is 19.9. The van der Waals surface area contributed by atoms with Gasteiger partial charge in [0.25, 0.3) is 0 Å². The SMILES string of the molecule is CCCCCSc1nc(N)c2ncn([C@@H]3O[C@H](COP(=O)([S-])OP(=O)([O-])C(Cl)P(=O)([O-])OP([O-])(=S)OC[C@H]4O[C@@H](n5cnc6c(N)nc(SCCCCC)nc65)[C@H](O)[C@@H]4O)[C@@H](O)[C@H]3O)c2n1.[Na+].[Na+].[Na+].[Na+]. The standard InChI is InChI=1S/C31H49ClN10O16P4S4.4Na/c1-3-5-7-9-65-30-37-23(33)17-25(39-30)41(13-35-17)27-21(45)19(43)15(55-27)11-53-61(51,63)57-59(47,48)29(32)60(49,50)58-62(52,64)54-12-16-20(44)22(46)28(56-16)42-14-36-18-24(34)38-31(40-26(18)42)66-10-8-6-4-2;;;;/h13-16,19-22,27-29,43-46H,3-12H2,1-2H3,(H,47,48)(H,49,50)(H,51,63)(H,52,64)(H2,33,37,39)(H2,34,38,40);;;;/q;4*+1/p-4/t15-,16-,19-,20-,21-,22-,27-,28-,29?,61?,62?;;;;/m1..../s1. The van der Waals surface area contributed by atoms with Crippen molar-refractivity contribution in [3.8, 4) is 0 Å². The Morgan fingerprint density at radius 1 is 0.729 bits per heavy atom. The number of alkyl halides is 1. The van der Waals surface area contributed by atoms with Gasteiger partial charge in [-0.2, -0.15) is 0 Å². The molecule has 0 spiro atoms. The van der Waals surface area contributed by atoms with Crippen molar-refractivity contribution in [2.45, 2.75) is 117 Å². The van der Waals surface area contributed by atoms with E-state index in [1.807, 2.05) is 0 Å². The molecule has 0 aromatic carbocycles. The summed E-state index contributed by atoms with van der Waals surface area (Å²) >= 11 is 17.7. The molecule has 2 saturated heterocycles. The van der Waals surface area contributed by atoms with Gasteiger partial charge in [0.15, 0.2) is 65.7 Å². The number of aliphatic hydroxyl groups excluding tert-OH is 4. The predicted molar refractivity (Wildman–Crippen MR) is 240 cm³/mol. The third kappa shape index (κ3) is 17.4. The number of hydrogen-bond acceptors (Lipinski definition) is 28. The van der Waals surface area contributed by atoms with Gasteiger partial charge < -0.3 is 86.5 Å². The average molecular weight is 1190 g/mol. The maximum atomic E-state index is 13.0. The number of nitrogens with two attached hydrogens (primary N) is 2. The molecule has 39 heteroatoms. The number of halogens is 1. The van der Waals surface area contributed by atoms with Crippen LogP contribution < -0.4 is 144 Å². The van der Waals surface area contributed by atoms with Gasteiger partial charge in [0.05, 0.1) is 25.9 Å². The van der Waals surface area contributed by atoms with Crippen molar-refractivity contribution in [3.63, 3.8) is 0 Å². The number of ether oxygens (including phenoxy) is 2. The van der Waals surface area contributed by atoms with Crippen LogP contribution in [0.1, 0.15) is 64.8 Å². The fourth-order valence-corrected chi connectivity index (χ4v) is 16.9. The third-order valence-corrected chi connectivity index (χ3v) is 22.0. The zero-order valence-electron chi connectivity index (χ0n) is 38.6. The summed E-state index contributed by atoms with van der Waals surface area (Å²) in [5.41, 5.74) is 12.8. The molecule has 4 aromatic rings. The average Bonchev–Trinajstić information content (AvgIpc) is 4.00. The van der Waals surface area contributed by atoms with Crippen LogP contribution in [0.3, 0.4) is 0 Å². The van der Waals surface area contributed by atoms with E-state index in [1.54, 1.807) is 0 Å². The van der Waals surface area contributed by atoms with Crippen molar-refractivity contribution >= 4 is 122 Å². The van der Waals surface area contributed by atoms with Crippen LogP contribution in [0.4, 0.5) is 11.6 Å². The fraction of sp³-hybridized carbons (Fsp3) is 0.677. The topological polar surface area (TPSA) is 396 Å². The third-order valence-electron chi connectivity index (χ3n) is 9.78. The second-order valence-electron chi connectivity index (χ2n) is 14.7. The maximum absolute atomic E-state index is 13.0. The zero-order valence-corrected chi connectivity index (χ0v) is 54.2. The van der Waals surface area contributed by atoms with Gasteiger partial charge in [0.2, 0.25) is 6.80 Å². The number of rotatable bonds is 24. The van der Waals surface area contributed by atoms with Crippen molar-refractivity contribution in [1.82, 2.24) is 39.0 Å². The number of thioether (sulfide) groups is 2. The first kappa shape index (κ1) is 69.0. The minimum absolute atomic E-state index is 0. The number of anilines is 2. The molecule has 13 atom stereocenters. The van der Waals surface area contributed by atoms with Gasteiger partial charge in [0.1, 0.15) is 54.4 Å². The molecule has 2 aliphatic heterocycles. The van der Waals surface area contributed by atoms with Crippen LogP contribution in [0.25, 0.3) is 22.3 Å². The molecular weight excluding hydrogens is 1150 g/mol. The Kier molecular flexibility index (Phi) is 29.5. The largest absolute Gasteiger partial charge is 1.00 e. The van der Waals surface area contributed by atoms with Crippen molar-refractivity contribution < 1.29 is 194 Å². The molecule has 6 heterocycles. The Bertz CT molecular complexity index is 2400. The Hall–Kier alpha value is 2.86. The van der Waals surface area contributed by atoms with E-state index in [-0.39, 0.29) is 152 Å². The fourth-order valence-electron chi connectivity index (χ4n) is 6.47. The Balaban J connectivity index is 0.00000420. The van der Waals surface area contributed by atoms with E-state index in [2.05, 4.69) is 76.4 Å². The van der Waals surface area contributed by atoms with Gasteiger partial charge in [-0.15, -0.1) is 11.6 Å². The summed E-state index contributed by atoms with van der Waals surface area (Å²) < 4.78 is 71.6. The Morgan fingerprint density at radius 2 is 1.13 bits per heavy atom. The van der Waals surface area contributed by atoms with Crippen LogP contribution >= 0.6 is 63.8 Å². The quantitative estimate of drug-likeness (QED) is 0.00721. The molecule has 370 valence electrons. The van der Waals surface area contributed by atoms with Gasteiger partial charge in [-0.1, -0.05) is 74.9 Å². The summed E-state index contributed by atoms with van der Waals surface area (Å²) in [4.78, 5) is 61.4. The number of nitrogen functional groups attached to an aromatic ring is 2. The van der Waals surface area contributed by atoms with E-state index < -0.39 is 95.9 Å². The molecule has 4 aromatic heterocycles. The number of unbranched alkanes of at least 4 members (excludes halogenated alkanes) is 4. The van der Waals surface area contributed by atoms with Gasteiger partial charge in [-0.05, 0) is 12.8 Å². The predicted octanol–water partition coefficient (Wildman–Crippen LogP) is -10.4. The van der Waals surface area contributed by atoms with Gasteiger partial charge >= 0.3 is 118 Å². The number of imidazole rings is 2. The molecule has 6 rings (SSSR count). The number of hydrogen-bond donors (Lipinski definition) is 6. The van der Waals surface area contributed by atoms with Crippen molar-refractivity contribution in [2.24, 2.45) is 0 Å². The molecule has 0 aliphatic carbocycles. The molecule has 0 radical (unpaired) electrons. The summed E-state index contributed by atoms with van der Waals surface area (Å²) in [6.07, 6.45) is -4.48. The molecule has 0 saturated carbocycles. The molecule has 0 bridgehead atoms.